The lowest BCUT2D eigenvalue weighted by molar-refractivity contribution is -0.384. The van der Waals surface area contributed by atoms with Crippen LogP contribution in [0.25, 0.3) is 10.6 Å². The van der Waals surface area contributed by atoms with E-state index in [4.69, 9.17) is 0 Å². The van der Waals surface area contributed by atoms with Crippen molar-refractivity contribution in [3.63, 3.8) is 0 Å². The van der Waals surface area contributed by atoms with Crippen LogP contribution >= 0.6 is 11.3 Å². The summed E-state index contributed by atoms with van der Waals surface area (Å²) in [7, 11) is 0. The minimum Gasteiger partial charge on any atom is -0.292 e. The van der Waals surface area contributed by atoms with Crippen LogP contribution in [0.4, 0.5) is 11.4 Å². The van der Waals surface area contributed by atoms with Gasteiger partial charge in [-0.3, -0.25) is 25.8 Å². The maximum atomic E-state index is 12.2. The number of rotatable bonds is 5. The van der Waals surface area contributed by atoms with Gasteiger partial charge < -0.3 is 0 Å². The Bertz CT molecular complexity index is 922. The van der Waals surface area contributed by atoms with E-state index >= 15 is 0 Å². The van der Waals surface area contributed by atoms with Gasteiger partial charge in [-0.25, -0.2) is 4.98 Å². The van der Waals surface area contributed by atoms with Crippen molar-refractivity contribution in [2.75, 3.05) is 5.43 Å². The first-order valence-electron chi connectivity index (χ1n) is 7.37. The Morgan fingerprint density at radius 1 is 1.16 bits per heavy atom. The number of anilines is 1. The fourth-order valence-corrected chi connectivity index (χ4v) is 2.94. The molecule has 0 saturated heterocycles. The van der Waals surface area contributed by atoms with Crippen LogP contribution in [-0.4, -0.2) is 15.8 Å². The molecule has 126 valence electrons. The molecule has 0 bridgehead atoms. The maximum absolute atomic E-state index is 12.2. The van der Waals surface area contributed by atoms with Crippen LogP contribution < -0.4 is 10.9 Å². The first kappa shape index (κ1) is 16.6. The predicted octanol–water partition coefficient (Wildman–Crippen LogP) is 3.78. The Labute approximate surface area is 147 Å². The van der Waals surface area contributed by atoms with Crippen molar-refractivity contribution in [1.82, 2.24) is 10.4 Å². The van der Waals surface area contributed by atoms with Gasteiger partial charge in [-0.05, 0) is 13.0 Å². The molecule has 0 fully saturated rings. The van der Waals surface area contributed by atoms with Crippen LogP contribution in [0.5, 0.6) is 0 Å². The summed E-state index contributed by atoms with van der Waals surface area (Å²) in [6.45, 7) is 2.00. The highest BCUT2D eigenvalue weighted by Crippen LogP contribution is 2.25. The number of hydrazine groups is 1. The number of benzene rings is 2. The van der Waals surface area contributed by atoms with Gasteiger partial charge in [-0.15, -0.1) is 11.3 Å². The molecule has 1 aromatic heterocycles. The third-order valence-corrected chi connectivity index (χ3v) is 4.34. The average molecular weight is 354 g/mol. The highest BCUT2D eigenvalue weighted by molar-refractivity contribution is 7.13. The van der Waals surface area contributed by atoms with Crippen molar-refractivity contribution in [2.24, 2.45) is 0 Å². The molecular weight excluding hydrogens is 340 g/mol. The van der Waals surface area contributed by atoms with Gasteiger partial charge in [0, 0.05) is 17.0 Å². The molecule has 3 rings (SSSR count). The van der Waals surface area contributed by atoms with Gasteiger partial charge in [0.25, 0.3) is 11.6 Å². The van der Waals surface area contributed by atoms with E-state index in [1.165, 1.54) is 23.5 Å². The quantitative estimate of drug-likeness (QED) is 0.537. The lowest BCUT2D eigenvalue weighted by atomic mass is 10.2. The summed E-state index contributed by atoms with van der Waals surface area (Å²) >= 11 is 1.36. The number of nitro benzene ring substituents is 1. The summed E-state index contributed by atoms with van der Waals surface area (Å²) in [6, 6.07) is 13.9. The van der Waals surface area contributed by atoms with E-state index in [-0.39, 0.29) is 17.1 Å². The van der Waals surface area contributed by atoms with E-state index in [2.05, 4.69) is 15.8 Å². The summed E-state index contributed by atoms with van der Waals surface area (Å²) in [6.07, 6.45) is 0. The lowest BCUT2D eigenvalue weighted by Gasteiger charge is -2.07. The Morgan fingerprint density at radius 3 is 2.60 bits per heavy atom. The van der Waals surface area contributed by atoms with Crippen molar-refractivity contribution < 1.29 is 9.72 Å². The molecule has 0 atom stereocenters. The summed E-state index contributed by atoms with van der Waals surface area (Å²) in [5.41, 5.74) is 7.41. The maximum Gasteiger partial charge on any atom is 0.294 e. The van der Waals surface area contributed by atoms with Gasteiger partial charge in [0.1, 0.15) is 16.4 Å². The summed E-state index contributed by atoms with van der Waals surface area (Å²) in [5, 5.41) is 13.3. The SMILES string of the molecule is Cc1ccc(-c2nc(C(=O)NNc3ccccc3[N+](=O)[O-])cs2)cc1. The highest BCUT2D eigenvalue weighted by atomic mass is 32.1. The normalized spacial score (nSPS) is 10.3. The smallest absolute Gasteiger partial charge is 0.292 e. The molecule has 0 unspecified atom stereocenters. The van der Waals surface area contributed by atoms with E-state index in [1.807, 2.05) is 31.2 Å². The van der Waals surface area contributed by atoms with Crippen molar-refractivity contribution >= 4 is 28.6 Å². The van der Waals surface area contributed by atoms with Crippen LogP contribution in [0, 0.1) is 17.0 Å². The molecule has 7 nitrogen and oxygen atoms in total. The monoisotopic (exact) mass is 354 g/mol. The molecule has 0 aliphatic carbocycles. The number of nitrogens with zero attached hydrogens (tertiary/aromatic N) is 2. The zero-order valence-corrected chi connectivity index (χ0v) is 14.0. The van der Waals surface area contributed by atoms with Gasteiger partial charge in [-0.2, -0.15) is 0 Å². The predicted molar refractivity (Wildman–Crippen MR) is 96.5 cm³/mol. The van der Waals surface area contributed by atoms with Gasteiger partial charge in [-0.1, -0.05) is 42.0 Å². The second-order valence-electron chi connectivity index (χ2n) is 5.26. The molecule has 0 aliphatic heterocycles. The molecule has 0 spiro atoms. The van der Waals surface area contributed by atoms with E-state index in [0.717, 1.165) is 16.1 Å². The Balaban J connectivity index is 1.70. The van der Waals surface area contributed by atoms with Crippen LogP contribution in [-0.2, 0) is 0 Å². The number of amides is 1. The molecule has 0 radical (unpaired) electrons. The molecule has 1 amide bonds. The Hall–Kier alpha value is -3.26. The summed E-state index contributed by atoms with van der Waals surface area (Å²) < 4.78 is 0. The summed E-state index contributed by atoms with van der Waals surface area (Å²) in [5.74, 6) is -0.465. The molecule has 2 aromatic carbocycles. The van der Waals surface area contributed by atoms with E-state index in [0.29, 0.717) is 0 Å². The van der Waals surface area contributed by atoms with Crippen LogP contribution in [0.15, 0.2) is 53.9 Å². The average Bonchev–Trinajstić information content (AvgIpc) is 3.10. The Morgan fingerprint density at radius 2 is 1.88 bits per heavy atom. The molecule has 2 N–H and O–H groups in total. The zero-order valence-electron chi connectivity index (χ0n) is 13.2. The zero-order chi connectivity index (χ0) is 17.8. The third kappa shape index (κ3) is 3.81. The number of carbonyl (C=O) groups excluding carboxylic acids is 1. The molecule has 1 heterocycles. The second kappa shape index (κ2) is 7.10. The number of hydrogen-bond donors (Lipinski definition) is 2. The van der Waals surface area contributed by atoms with Crippen molar-refractivity contribution in [2.45, 2.75) is 6.92 Å². The first-order valence-corrected chi connectivity index (χ1v) is 8.25. The van der Waals surface area contributed by atoms with Crippen LogP contribution in [0.3, 0.4) is 0 Å². The van der Waals surface area contributed by atoms with E-state index in [9.17, 15) is 14.9 Å². The fraction of sp³-hybridized carbons (Fsp3) is 0.0588. The van der Waals surface area contributed by atoms with Crippen molar-refractivity contribution in [3.05, 3.63) is 75.3 Å². The fourth-order valence-electron chi connectivity index (χ4n) is 2.13. The molecule has 3 aromatic rings. The number of thiazole rings is 1. The second-order valence-corrected chi connectivity index (χ2v) is 6.12. The van der Waals surface area contributed by atoms with Crippen molar-refractivity contribution in [1.29, 1.82) is 0 Å². The molecule has 8 heteroatoms. The lowest BCUT2D eigenvalue weighted by Crippen LogP contribution is -2.29. The Kier molecular flexibility index (Phi) is 4.71. The largest absolute Gasteiger partial charge is 0.294 e. The number of aromatic nitrogens is 1. The molecule has 0 saturated carbocycles. The number of carbonyl (C=O) groups is 1. The number of nitrogens with one attached hydrogen (secondary N) is 2. The number of hydrogen-bond acceptors (Lipinski definition) is 6. The number of nitro groups is 1. The third-order valence-electron chi connectivity index (χ3n) is 3.45. The standard InChI is InChI=1S/C17H14N4O3S/c1-11-6-8-12(9-7-11)17-18-14(10-25-17)16(22)20-19-13-4-2-3-5-15(13)21(23)24/h2-10,19H,1H3,(H,20,22). The molecular formula is C17H14N4O3S. The van der Waals surface area contributed by atoms with Crippen LogP contribution in [0.2, 0.25) is 0 Å². The molecule has 25 heavy (non-hydrogen) atoms. The molecule has 0 aliphatic rings. The van der Waals surface area contributed by atoms with E-state index < -0.39 is 10.8 Å². The highest BCUT2D eigenvalue weighted by Gasteiger charge is 2.15. The van der Waals surface area contributed by atoms with Gasteiger partial charge in [0.2, 0.25) is 0 Å². The minimum atomic E-state index is -0.521. The van der Waals surface area contributed by atoms with Crippen LogP contribution in [0.1, 0.15) is 16.1 Å². The number of para-hydroxylation sites is 2. The number of aryl methyl sites for hydroxylation is 1. The van der Waals surface area contributed by atoms with Gasteiger partial charge in [0.15, 0.2) is 0 Å². The first-order chi connectivity index (χ1) is 12.0. The summed E-state index contributed by atoms with van der Waals surface area (Å²) in [4.78, 5) is 27.0. The van der Waals surface area contributed by atoms with Gasteiger partial charge in [0.05, 0.1) is 4.92 Å². The topological polar surface area (TPSA) is 97.2 Å². The van der Waals surface area contributed by atoms with Crippen molar-refractivity contribution in [3.8, 4) is 10.6 Å². The van der Waals surface area contributed by atoms with Gasteiger partial charge >= 0.3 is 0 Å². The minimum absolute atomic E-state index is 0.124. The van der Waals surface area contributed by atoms with E-state index in [1.54, 1.807) is 17.5 Å².